The lowest BCUT2D eigenvalue weighted by atomic mass is 10.00. The van der Waals surface area contributed by atoms with Crippen molar-refractivity contribution in [3.63, 3.8) is 0 Å². The summed E-state index contributed by atoms with van der Waals surface area (Å²) in [6.45, 7) is 14.0. The molecule has 0 aromatic rings. The van der Waals surface area contributed by atoms with E-state index in [9.17, 15) is 43.2 Å². The van der Waals surface area contributed by atoms with Gasteiger partial charge in [-0.15, -0.1) is 0 Å². The number of hydrogen-bond acceptors (Lipinski definition) is 15. The number of hydrogen-bond donors (Lipinski definition) is 3. The number of aliphatic hydroxyl groups excluding tert-OH is 1. The first-order valence-corrected chi connectivity index (χ1v) is 39.2. The van der Waals surface area contributed by atoms with Gasteiger partial charge in [-0.25, -0.2) is 9.13 Å². The van der Waals surface area contributed by atoms with Gasteiger partial charge in [-0.1, -0.05) is 293 Å². The molecule has 0 aromatic heterocycles. The van der Waals surface area contributed by atoms with Crippen molar-refractivity contribution in [1.82, 2.24) is 0 Å². The highest BCUT2D eigenvalue weighted by atomic mass is 31.2. The largest absolute Gasteiger partial charge is 0.472 e. The van der Waals surface area contributed by atoms with Crippen molar-refractivity contribution in [2.75, 3.05) is 39.6 Å². The van der Waals surface area contributed by atoms with E-state index in [-0.39, 0.29) is 25.7 Å². The Hall–Kier alpha value is -1.94. The van der Waals surface area contributed by atoms with Gasteiger partial charge in [0.15, 0.2) is 12.2 Å². The summed E-state index contributed by atoms with van der Waals surface area (Å²) in [6, 6.07) is 0. The Kier molecular flexibility index (Phi) is 58.5. The normalized spacial score (nSPS) is 14.6. The summed E-state index contributed by atoms with van der Waals surface area (Å²) in [7, 11) is -9.90. The molecule has 89 heavy (non-hydrogen) atoms. The molecule has 0 heterocycles. The second-order valence-corrected chi connectivity index (χ2v) is 29.8. The van der Waals surface area contributed by atoms with Crippen molar-refractivity contribution in [3.8, 4) is 0 Å². The van der Waals surface area contributed by atoms with Crippen LogP contribution in [0.1, 0.15) is 344 Å². The van der Waals surface area contributed by atoms with Crippen LogP contribution >= 0.6 is 15.6 Å². The van der Waals surface area contributed by atoms with E-state index in [4.69, 9.17) is 37.0 Å². The highest BCUT2D eigenvalue weighted by Crippen LogP contribution is 2.45. The average Bonchev–Trinajstić information content (AvgIpc) is 3.63. The number of phosphoric ester groups is 2. The van der Waals surface area contributed by atoms with E-state index in [0.717, 1.165) is 115 Å². The number of aliphatic hydroxyl groups is 1. The van der Waals surface area contributed by atoms with Gasteiger partial charge in [0.2, 0.25) is 0 Å². The molecule has 0 saturated heterocycles. The molecule has 3 unspecified atom stereocenters. The van der Waals surface area contributed by atoms with Crippen LogP contribution in [0, 0.1) is 23.7 Å². The number of ether oxygens (including phenoxy) is 4. The maximum Gasteiger partial charge on any atom is 0.472 e. The summed E-state index contributed by atoms with van der Waals surface area (Å²) in [5, 5.41) is 10.6. The molecule has 17 nitrogen and oxygen atoms in total. The van der Waals surface area contributed by atoms with Crippen molar-refractivity contribution >= 4 is 39.5 Å². The zero-order valence-corrected chi connectivity index (χ0v) is 59.8. The SMILES string of the molecule is CCC(C)CCCCCCCCC(=O)OC[C@H](COP(=O)(O)OC[C@H](O)COP(=O)(O)OC[C@@H](COC(=O)CCCCCCCCC(C)C)OC(=O)CCCCCCCCC(C)C)OC(=O)CCCCCCCCCCCCCCCCCCCCC(C)C. The molecule has 0 fully saturated rings. The molecule has 0 rings (SSSR count). The van der Waals surface area contributed by atoms with Crippen LogP contribution in [0.3, 0.4) is 0 Å². The molecule has 0 aliphatic carbocycles. The molecule has 0 aromatic carbocycles. The van der Waals surface area contributed by atoms with Crippen LogP contribution in [0.4, 0.5) is 0 Å². The van der Waals surface area contributed by atoms with Crippen LogP contribution in [0.15, 0.2) is 0 Å². The third-order valence-electron chi connectivity index (χ3n) is 16.4. The quantitative estimate of drug-likeness (QED) is 0.0222. The molecule has 0 spiro atoms. The van der Waals surface area contributed by atoms with E-state index in [1.807, 2.05) is 0 Å². The number of rotatable bonds is 67. The highest BCUT2D eigenvalue weighted by Gasteiger charge is 2.30. The topological polar surface area (TPSA) is 237 Å². The summed E-state index contributed by atoms with van der Waals surface area (Å²) in [4.78, 5) is 72.4. The molecule has 0 saturated carbocycles. The number of carbonyl (C=O) groups excluding carboxylic acids is 4. The lowest BCUT2D eigenvalue weighted by Crippen LogP contribution is -2.30. The van der Waals surface area contributed by atoms with E-state index in [2.05, 4.69) is 55.4 Å². The van der Waals surface area contributed by atoms with Gasteiger partial charge < -0.3 is 33.8 Å². The molecule has 0 aliphatic heterocycles. The summed E-state index contributed by atoms with van der Waals surface area (Å²) in [6.07, 6.45) is 42.3. The van der Waals surface area contributed by atoms with E-state index in [1.54, 1.807) is 0 Å². The zero-order chi connectivity index (χ0) is 66.1. The number of unbranched alkanes of at least 4 members (excludes halogenated alkanes) is 32. The second-order valence-electron chi connectivity index (χ2n) is 26.9. The summed E-state index contributed by atoms with van der Waals surface area (Å²) in [5.41, 5.74) is 0. The first-order valence-electron chi connectivity index (χ1n) is 36.2. The lowest BCUT2D eigenvalue weighted by molar-refractivity contribution is -0.161. The third-order valence-corrected chi connectivity index (χ3v) is 18.3. The fraction of sp³-hybridized carbons (Fsp3) is 0.943. The Balaban J connectivity index is 5.14. The van der Waals surface area contributed by atoms with Gasteiger partial charge >= 0.3 is 39.5 Å². The molecular formula is C70H136O17P2. The van der Waals surface area contributed by atoms with Crippen LogP contribution in [0.5, 0.6) is 0 Å². The van der Waals surface area contributed by atoms with Crippen LogP contribution < -0.4 is 0 Å². The van der Waals surface area contributed by atoms with E-state index >= 15 is 0 Å². The predicted octanol–water partition coefficient (Wildman–Crippen LogP) is 19.7. The number of carbonyl (C=O) groups is 4. The van der Waals surface area contributed by atoms with Gasteiger partial charge in [-0.05, 0) is 49.4 Å². The zero-order valence-electron chi connectivity index (χ0n) is 58.1. The smallest absolute Gasteiger partial charge is 0.462 e. The maximum absolute atomic E-state index is 13.0. The minimum Gasteiger partial charge on any atom is -0.462 e. The van der Waals surface area contributed by atoms with Crippen LogP contribution in [0.2, 0.25) is 0 Å². The van der Waals surface area contributed by atoms with E-state index < -0.39 is 97.5 Å². The van der Waals surface area contributed by atoms with Crippen LogP contribution in [-0.2, 0) is 65.4 Å². The Labute approximate surface area is 543 Å². The fourth-order valence-electron chi connectivity index (χ4n) is 10.5. The Morgan fingerprint density at radius 1 is 0.315 bits per heavy atom. The Morgan fingerprint density at radius 2 is 0.539 bits per heavy atom. The van der Waals surface area contributed by atoms with Gasteiger partial charge in [0, 0.05) is 25.7 Å². The Bertz CT molecular complexity index is 1770. The van der Waals surface area contributed by atoms with Crippen LogP contribution in [0.25, 0.3) is 0 Å². The molecule has 0 bridgehead atoms. The summed E-state index contributed by atoms with van der Waals surface area (Å²) >= 11 is 0. The number of phosphoric acid groups is 2. The first kappa shape index (κ1) is 87.1. The van der Waals surface area contributed by atoms with Crippen molar-refractivity contribution in [1.29, 1.82) is 0 Å². The van der Waals surface area contributed by atoms with E-state index in [0.29, 0.717) is 37.5 Å². The second kappa shape index (κ2) is 59.8. The molecule has 19 heteroatoms. The van der Waals surface area contributed by atoms with E-state index in [1.165, 1.54) is 135 Å². The minimum absolute atomic E-state index is 0.101. The molecule has 0 amide bonds. The predicted molar refractivity (Wildman–Crippen MR) is 358 cm³/mol. The Morgan fingerprint density at radius 3 is 0.798 bits per heavy atom. The molecule has 3 N–H and O–H groups in total. The summed E-state index contributed by atoms with van der Waals surface area (Å²) < 4.78 is 68.1. The van der Waals surface area contributed by atoms with Crippen molar-refractivity contribution in [2.45, 2.75) is 363 Å². The minimum atomic E-state index is -4.95. The van der Waals surface area contributed by atoms with Gasteiger partial charge in [0.25, 0.3) is 0 Å². The molecule has 528 valence electrons. The highest BCUT2D eigenvalue weighted by molar-refractivity contribution is 7.47. The van der Waals surface area contributed by atoms with Gasteiger partial charge in [-0.2, -0.15) is 0 Å². The monoisotopic (exact) mass is 1310 g/mol. The third kappa shape index (κ3) is 63.2. The van der Waals surface area contributed by atoms with Crippen LogP contribution in [-0.4, -0.2) is 96.7 Å². The maximum atomic E-state index is 13.0. The summed E-state index contributed by atoms with van der Waals surface area (Å²) in [5.74, 6) is 0.762. The lowest BCUT2D eigenvalue weighted by Gasteiger charge is -2.21. The molecular weight excluding hydrogens is 1170 g/mol. The molecule has 0 aliphatic rings. The van der Waals surface area contributed by atoms with Crippen molar-refractivity contribution < 1.29 is 80.2 Å². The fourth-order valence-corrected chi connectivity index (χ4v) is 12.0. The number of esters is 4. The molecule has 6 atom stereocenters. The first-order chi connectivity index (χ1) is 42.6. The van der Waals surface area contributed by atoms with Crippen molar-refractivity contribution in [3.05, 3.63) is 0 Å². The van der Waals surface area contributed by atoms with Gasteiger partial charge in [0.1, 0.15) is 19.3 Å². The molecule has 0 radical (unpaired) electrons. The van der Waals surface area contributed by atoms with Crippen molar-refractivity contribution in [2.24, 2.45) is 23.7 Å². The standard InChI is InChI=1S/C70H136O17P2/c1-9-63(8)49-41-33-26-29-35-43-51-68(73)81-56-65(86-69(74)52-44-36-23-21-19-17-15-13-11-10-12-14-16-18-20-22-30-38-46-60(2)3)58-84-88(76,77)82-54-64(71)55-83-89(78,79)85-59-66(87-70(75)53-45-37-28-25-32-40-48-62(6)7)57-80-67(72)50-42-34-27-24-31-39-47-61(4)5/h60-66,71H,9-59H2,1-8H3,(H,76,77)(H,78,79)/t63?,64-,65+,66+/m0/s1. The average molecular weight is 1310 g/mol. The van der Waals surface area contributed by atoms with Gasteiger partial charge in [0.05, 0.1) is 26.4 Å². The van der Waals surface area contributed by atoms with Gasteiger partial charge in [-0.3, -0.25) is 37.3 Å².